The van der Waals surface area contributed by atoms with Crippen molar-refractivity contribution < 1.29 is 19.1 Å². The molecule has 1 aromatic heterocycles. The van der Waals surface area contributed by atoms with Crippen LogP contribution in [-0.2, 0) is 14.3 Å². The summed E-state index contributed by atoms with van der Waals surface area (Å²) in [6.45, 7) is 7.00. The van der Waals surface area contributed by atoms with E-state index < -0.39 is 0 Å². The summed E-state index contributed by atoms with van der Waals surface area (Å²) in [4.78, 5) is 35.3. The third-order valence-electron chi connectivity index (χ3n) is 5.48. The predicted molar refractivity (Wildman–Crippen MR) is 139 cm³/mol. The van der Waals surface area contributed by atoms with Crippen molar-refractivity contribution in [1.29, 1.82) is 0 Å². The van der Waals surface area contributed by atoms with E-state index in [1.165, 1.54) is 23.8 Å². The number of amidine groups is 1. The number of hydrogen-bond donors (Lipinski definition) is 0. The molecule has 2 atom stereocenters. The van der Waals surface area contributed by atoms with E-state index in [9.17, 15) is 9.59 Å². The highest BCUT2D eigenvalue weighted by molar-refractivity contribution is 8.14. The minimum absolute atomic E-state index is 0.0149. The van der Waals surface area contributed by atoms with Gasteiger partial charge in [-0.15, -0.1) is 11.3 Å². The normalized spacial score (nSPS) is 21.9. The molecule has 10 heteroatoms. The molecule has 0 bridgehead atoms. The number of morpholine rings is 1. The molecule has 2 aliphatic heterocycles. The molecule has 1 fully saturated rings. The monoisotopic (exact) mass is 519 g/mol. The zero-order valence-electron chi connectivity index (χ0n) is 19.4. The number of aliphatic imine (C=N–C) groups is 1. The number of aryl methyl sites for hydroxylation is 1. The van der Waals surface area contributed by atoms with Crippen LogP contribution in [0.25, 0.3) is 6.08 Å². The molecule has 7 nitrogen and oxygen atoms in total. The number of carbonyl (C=O) groups is 2. The van der Waals surface area contributed by atoms with Gasteiger partial charge < -0.3 is 14.4 Å². The molecular weight excluding hydrogens is 494 g/mol. The quantitative estimate of drug-likeness (QED) is 0.529. The largest absolute Gasteiger partial charge is 0.495 e. The summed E-state index contributed by atoms with van der Waals surface area (Å²) in [6.07, 6.45) is 1.75. The Morgan fingerprint density at radius 3 is 2.71 bits per heavy atom. The van der Waals surface area contributed by atoms with Gasteiger partial charge in [0.1, 0.15) is 11.4 Å². The summed E-state index contributed by atoms with van der Waals surface area (Å²) in [5, 5.41) is 2.85. The first-order chi connectivity index (χ1) is 16.3. The Kier molecular flexibility index (Phi) is 7.67. The van der Waals surface area contributed by atoms with Gasteiger partial charge in [0.15, 0.2) is 5.17 Å². The van der Waals surface area contributed by atoms with E-state index in [1.807, 2.05) is 32.2 Å². The maximum Gasteiger partial charge on any atom is 0.283 e. The summed E-state index contributed by atoms with van der Waals surface area (Å²) in [6, 6.07) is 7.07. The molecular formula is C24H26ClN3O4S2. The van der Waals surface area contributed by atoms with Crippen LogP contribution in [0.4, 0.5) is 5.69 Å². The number of hydrogen-bond acceptors (Lipinski definition) is 7. The lowest BCUT2D eigenvalue weighted by Gasteiger charge is -2.35. The molecule has 34 heavy (non-hydrogen) atoms. The third kappa shape index (κ3) is 5.33. The standard InChI is InChI=1S/C24H26ClN3O4S2/c1-14-7-8-33-21(14)10-18-23(30)28(19-9-17(25)5-6-20(19)31-4)24(26-18)34-13-22(29)27-11-15(2)32-16(3)12-27/h5-10,15-16H,11-13H2,1-4H3/b18-10+/t15-,16+. The fourth-order valence-electron chi connectivity index (χ4n) is 3.90. The van der Waals surface area contributed by atoms with Gasteiger partial charge in [0.2, 0.25) is 5.91 Å². The van der Waals surface area contributed by atoms with Crippen LogP contribution < -0.4 is 9.64 Å². The lowest BCUT2D eigenvalue weighted by molar-refractivity contribution is -0.140. The van der Waals surface area contributed by atoms with Crippen molar-refractivity contribution in [3.8, 4) is 5.75 Å². The fourth-order valence-corrected chi connectivity index (χ4v) is 5.83. The van der Waals surface area contributed by atoms with Crippen LogP contribution in [0.5, 0.6) is 5.75 Å². The van der Waals surface area contributed by atoms with Gasteiger partial charge in [0.05, 0.1) is 30.8 Å². The van der Waals surface area contributed by atoms with E-state index in [-0.39, 0.29) is 29.8 Å². The van der Waals surface area contributed by atoms with Crippen LogP contribution in [0.2, 0.25) is 5.02 Å². The molecule has 0 aliphatic carbocycles. The Bertz CT molecular complexity index is 1150. The van der Waals surface area contributed by atoms with Crippen molar-refractivity contribution in [1.82, 2.24) is 4.90 Å². The van der Waals surface area contributed by atoms with Crippen molar-refractivity contribution in [2.24, 2.45) is 4.99 Å². The Morgan fingerprint density at radius 1 is 1.32 bits per heavy atom. The van der Waals surface area contributed by atoms with Gasteiger partial charge in [-0.05, 0) is 62.1 Å². The summed E-state index contributed by atoms with van der Waals surface area (Å²) < 4.78 is 11.2. The second kappa shape index (κ2) is 10.5. The van der Waals surface area contributed by atoms with Crippen LogP contribution in [0, 0.1) is 6.92 Å². The number of carbonyl (C=O) groups excluding carboxylic acids is 2. The second-order valence-corrected chi connectivity index (χ2v) is 10.5. The number of thioether (sulfide) groups is 1. The Labute approximate surface area is 212 Å². The van der Waals surface area contributed by atoms with Crippen molar-refractivity contribution in [2.45, 2.75) is 33.0 Å². The molecule has 3 heterocycles. The van der Waals surface area contributed by atoms with E-state index in [2.05, 4.69) is 4.99 Å². The maximum atomic E-state index is 13.5. The van der Waals surface area contributed by atoms with E-state index in [1.54, 1.807) is 40.5 Å². The molecule has 180 valence electrons. The van der Waals surface area contributed by atoms with Crippen molar-refractivity contribution in [2.75, 3.05) is 30.9 Å². The van der Waals surface area contributed by atoms with E-state index in [0.29, 0.717) is 40.4 Å². The van der Waals surface area contributed by atoms with Gasteiger partial charge in [0, 0.05) is 23.0 Å². The molecule has 0 radical (unpaired) electrons. The van der Waals surface area contributed by atoms with Crippen LogP contribution in [0.3, 0.4) is 0 Å². The average Bonchev–Trinajstić information content (AvgIpc) is 3.33. The average molecular weight is 520 g/mol. The van der Waals surface area contributed by atoms with Gasteiger partial charge in [-0.2, -0.15) is 0 Å². The molecule has 2 aliphatic rings. The number of nitrogens with zero attached hydrogens (tertiary/aromatic N) is 3. The Hall–Kier alpha value is -2.33. The first-order valence-corrected chi connectivity index (χ1v) is 13.1. The Balaban J connectivity index is 1.63. The number of thiophene rings is 1. The van der Waals surface area contributed by atoms with E-state index >= 15 is 0 Å². The molecule has 2 amide bonds. The number of amides is 2. The first kappa shape index (κ1) is 24.8. The smallest absolute Gasteiger partial charge is 0.283 e. The van der Waals surface area contributed by atoms with Crippen molar-refractivity contribution in [3.63, 3.8) is 0 Å². The van der Waals surface area contributed by atoms with E-state index in [4.69, 9.17) is 21.1 Å². The molecule has 1 aromatic carbocycles. The molecule has 4 rings (SSSR count). The number of methoxy groups -OCH3 is 1. The van der Waals surface area contributed by atoms with Crippen LogP contribution >= 0.6 is 34.7 Å². The highest BCUT2D eigenvalue weighted by Gasteiger charge is 2.35. The molecule has 0 saturated carbocycles. The van der Waals surface area contributed by atoms with Gasteiger partial charge >= 0.3 is 0 Å². The minimum Gasteiger partial charge on any atom is -0.495 e. The highest BCUT2D eigenvalue weighted by atomic mass is 35.5. The van der Waals surface area contributed by atoms with Crippen LogP contribution in [0.15, 0.2) is 40.3 Å². The first-order valence-electron chi connectivity index (χ1n) is 10.8. The zero-order chi connectivity index (χ0) is 24.4. The van der Waals surface area contributed by atoms with Crippen LogP contribution in [0.1, 0.15) is 24.3 Å². The van der Waals surface area contributed by atoms with Crippen molar-refractivity contribution >= 4 is 63.4 Å². The molecule has 1 saturated heterocycles. The van der Waals surface area contributed by atoms with Gasteiger partial charge in [-0.25, -0.2) is 9.89 Å². The molecule has 2 aromatic rings. The second-order valence-electron chi connectivity index (χ2n) is 8.19. The number of benzene rings is 1. The molecule has 0 unspecified atom stereocenters. The highest BCUT2D eigenvalue weighted by Crippen LogP contribution is 2.37. The topological polar surface area (TPSA) is 71.4 Å². The number of ether oxygens (including phenoxy) is 2. The number of anilines is 1. The third-order valence-corrected chi connectivity index (χ3v) is 7.60. The van der Waals surface area contributed by atoms with Crippen molar-refractivity contribution in [3.05, 3.63) is 50.8 Å². The fraction of sp³-hybridized carbons (Fsp3) is 0.375. The summed E-state index contributed by atoms with van der Waals surface area (Å²) in [5.41, 5.74) is 1.86. The SMILES string of the molecule is COc1ccc(Cl)cc1N1C(=O)/C(=C\c2sccc2C)N=C1SCC(=O)N1C[C@@H](C)O[C@@H](C)C1. The summed E-state index contributed by atoms with van der Waals surface area (Å²) in [7, 11) is 1.54. The molecule has 0 N–H and O–H groups in total. The van der Waals surface area contributed by atoms with Gasteiger partial charge in [-0.3, -0.25) is 9.59 Å². The van der Waals surface area contributed by atoms with Crippen LogP contribution in [-0.4, -0.2) is 60.0 Å². The minimum atomic E-state index is -0.295. The lowest BCUT2D eigenvalue weighted by Crippen LogP contribution is -2.49. The predicted octanol–water partition coefficient (Wildman–Crippen LogP) is 4.83. The Morgan fingerprint density at radius 2 is 2.06 bits per heavy atom. The summed E-state index contributed by atoms with van der Waals surface area (Å²) >= 11 is 9.02. The number of halogens is 1. The van der Waals surface area contributed by atoms with Gasteiger partial charge in [-0.1, -0.05) is 23.4 Å². The lowest BCUT2D eigenvalue weighted by atomic mass is 10.2. The molecule has 0 spiro atoms. The van der Waals surface area contributed by atoms with E-state index in [0.717, 1.165) is 10.4 Å². The van der Waals surface area contributed by atoms with Gasteiger partial charge in [0.25, 0.3) is 5.91 Å². The maximum absolute atomic E-state index is 13.5. The summed E-state index contributed by atoms with van der Waals surface area (Å²) in [5.74, 6) is 0.321. The number of rotatable bonds is 5. The zero-order valence-corrected chi connectivity index (χ0v) is 21.8.